The molecule has 138 valence electrons. The van der Waals surface area contributed by atoms with E-state index < -0.39 is 0 Å². The highest BCUT2D eigenvalue weighted by Gasteiger charge is 2.15. The number of hydrazone groups is 1. The fourth-order valence-corrected chi connectivity index (χ4v) is 3.09. The van der Waals surface area contributed by atoms with Crippen LogP contribution in [-0.2, 0) is 6.54 Å². The Morgan fingerprint density at radius 3 is 2.56 bits per heavy atom. The quantitative estimate of drug-likeness (QED) is 0.459. The van der Waals surface area contributed by atoms with Gasteiger partial charge in [-0.1, -0.05) is 42.5 Å². The highest BCUT2D eigenvalue weighted by atomic mass is 15.4. The molecule has 3 aromatic rings. The molecule has 0 radical (unpaired) electrons. The molecule has 0 aliphatic carbocycles. The SMILES string of the molecule is C=NN(Cc1ccc(C)cc1)/C(=C\C)c1cc2c(cn1)c(C)nn2C(=C)C. The number of fused-ring (bicyclic) bond motifs is 1. The topological polar surface area (TPSA) is 46.3 Å². The van der Waals surface area contributed by atoms with Crippen molar-refractivity contribution in [3.05, 3.63) is 71.7 Å². The van der Waals surface area contributed by atoms with Crippen LogP contribution in [0.1, 0.15) is 36.4 Å². The van der Waals surface area contributed by atoms with Crippen molar-refractivity contribution >= 4 is 29.0 Å². The maximum atomic E-state index is 4.66. The minimum atomic E-state index is 0.627. The van der Waals surface area contributed by atoms with Crippen molar-refractivity contribution in [2.75, 3.05) is 0 Å². The average Bonchev–Trinajstić information content (AvgIpc) is 2.99. The lowest BCUT2D eigenvalue weighted by atomic mass is 10.1. The molecular weight excluding hydrogens is 334 g/mol. The molecule has 2 aromatic heterocycles. The molecular formula is C22H25N5. The molecule has 0 N–H and O–H groups in total. The van der Waals surface area contributed by atoms with E-state index in [1.807, 2.05) is 48.8 Å². The first-order valence-corrected chi connectivity index (χ1v) is 8.92. The number of aromatic nitrogens is 3. The Balaban J connectivity index is 2.00. The number of aryl methyl sites for hydroxylation is 2. The van der Waals surface area contributed by atoms with Gasteiger partial charge in [-0.2, -0.15) is 10.2 Å². The van der Waals surface area contributed by atoms with Gasteiger partial charge in [0.25, 0.3) is 0 Å². The highest BCUT2D eigenvalue weighted by Crippen LogP contribution is 2.26. The summed E-state index contributed by atoms with van der Waals surface area (Å²) in [6.45, 7) is 16.4. The van der Waals surface area contributed by atoms with Gasteiger partial charge in [-0.05, 0) is 39.3 Å². The summed E-state index contributed by atoms with van der Waals surface area (Å²) < 4.78 is 1.86. The minimum absolute atomic E-state index is 0.627. The van der Waals surface area contributed by atoms with E-state index in [0.29, 0.717) is 6.54 Å². The Kier molecular flexibility index (Phi) is 5.21. The van der Waals surface area contributed by atoms with Crippen molar-refractivity contribution in [1.29, 1.82) is 0 Å². The number of pyridine rings is 1. The van der Waals surface area contributed by atoms with Crippen molar-refractivity contribution in [3.8, 4) is 0 Å². The molecule has 27 heavy (non-hydrogen) atoms. The third-order valence-electron chi connectivity index (χ3n) is 4.55. The summed E-state index contributed by atoms with van der Waals surface area (Å²) in [6.07, 6.45) is 3.87. The van der Waals surface area contributed by atoms with Crippen LogP contribution in [0, 0.1) is 13.8 Å². The summed E-state index contributed by atoms with van der Waals surface area (Å²) in [4.78, 5) is 4.66. The van der Waals surface area contributed by atoms with E-state index in [1.54, 1.807) is 0 Å². The second-order valence-corrected chi connectivity index (χ2v) is 6.68. The van der Waals surface area contributed by atoms with E-state index in [9.17, 15) is 0 Å². The lowest BCUT2D eigenvalue weighted by molar-refractivity contribution is 0.417. The largest absolute Gasteiger partial charge is 0.260 e. The summed E-state index contributed by atoms with van der Waals surface area (Å²) >= 11 is 0. The van der Waals surface area contributed by atoms with E-state index in [2.05, 4.69) is 59.7 Å². The smallest absolute Gasteiger partial charge is 0.0901 e. The Labute approximate surface area is 160 Å². The number of benzene rings is 1. The number of nitrogens with zero attached hydrogens (tertiary/aromatic N) is 5. The molecule has 0 fully saturated rings. The Morgan fingerprint density at radius 2 is 1.96 bits per heavy atom. The van der Waals surface area contributed by atoms with E-state index in [4.69, 9.17) is 0 Å². The van der Waals surface area contributed by atoms with Crippen molar-refractivity contribution in [2.24, 2.45) is 5.10 Å². The fourth-order valence-electron chi connectivity index (χ4n) is 3.09. The zero-order chi connectivity index (χ0) is 19.6. The molecule has 0 saturated heterocycles. The van der Waals surface area contributed by atoms with Gasteiger partial charge in [-0.25, -0.2) is 4.68 Å². The van der Waals surface area contributed by atoms with Gasteiger partial charge in [0.2, 0.25) is 0 Å². The van der Waals surface area contributed by atoms with E-state index in [0.717, 1.165) is 39.2 Å². The van der Waals surface area contributed by atoms with Gasteiger partial charge in [0, 0.05) is 24.0 Å². The molecule has 0 bridgehead atoms. The molecule has 0 atom stereocenters. The first-order chi connectivity index (χ1) is 12.9. The predicted molar refractivity (Wildman–Crippen MR) is 113 cm³/mol. The average molecular weight is 359 g/mol. The van der Waals surface area contributed by atoms with Crippen LogP contribution in [0.25, 0.3) is 22.3 Å². The molecule has 0 spiro atoms. The summed E-state index contributed by atoms with van der Waals surface area (Å²) in [5, 5.41) is 11.7. The van der Waals surface area contributed by atoms with Crippen molar-refractivity contribution in [1.82, 2.24) is 19.8 Å². The Bertz CT molecular complexity index is 1020. The second-order valence-electron chi connectivity index (χ2n) is 6.68. The summed E-state index contributed by atoms with van der Waals surface area (Å²) in [5.41, 5.74) is 6.92. The summed E-state index contributed by atoms with van der Waals surface area (Å²) in [6, 6.07) is 10.5. The van der Waals surface area contributed by atoms with Crippen LogP contribution in [0.15, 0.2) is 54.3 Å². The van der Waals surface area contributed by atoms with Gasteiger partial charge in [-0.3, -0.25) is 9.99 Å². The number of hydrogen-bond donors (Lipinski definition) is 0. The lowest BCUT2D eigenvalue weighted by Gasteiger charge is -2.21. The standard InChI is InChI=1S/C22H25N5/c1-7-21(26(23-6)14-18-10-8-16(4)9-11-18)20-12-22-19(13-24-20)17(5)25-27(22)15(2)3/h7-13H,2,6,14H2,1,3-5H3/b21-7-. The van der Waals surface area contributed by atoms with Crippen LogP contribution in [-0.4, -0.2) is 26.5 Å². The Morgan fingerprint density at radius 1 is 1.26 bits per heavy atom. The molecule has 5 nitrogen and oxygen atoms in total. The molecule has 3 rings (SSSR count). The maximum absolute atomic E-state index is 4.66. The van der Waals surface area contributed by atoms with Crippen LogP contribution in [0.3, 0.4) is 0 Å². The predicted octanol–water partition coefficient (Wildman–Crippen LogP) is 5.02. The van der Waals surface area contributed by atoms with Crippen LogP contribution >= 0.6 is 0 Å². The molecule has 2 heterocycles. The number of allylic oxidation sites excluding steroid dienone is 2. The lowest BCUT2D eigenvalue weighted by Crippen LogP contribution is -2.16. The molecule has 1 aromatic carbocycles. The van der Waals surface area contributed by atoms with Gasteiger partial charge in [0.05, 0.1) is 29.1 Å². The zero-order valence-corrected chi connectivity index (χ0v) is 16.4. The van der Waals surface area contributed by atoms with Crippen molar-refractivity contribution < 1.29 is 0 Å². The van der Waals surface area contributed by atoms with E-state index in [-0.39, 0.29) is 0 Å². The van der Waals surface area contributed by atoms with E-state index >= 15 is 0 Å². The molecule has 0 aliphatic heterocycles. The van der Waals surface area contributed by atoms with Crippen molar-refractivity contribution in [2.45, 2.75) is 34.2 Å². The number of rotatable bonds is 6. The molecule has 0 unspecified atom stereocenters. The van der Waals surface area contributed by atoms with Crippen LogP contribution < -0.4 is 0 Å². The van der Waals surface area contributed by atoms with Gasteiger partial charge in [0.1, 0.15) is 0 Å². The monoisotopic (exact) mass is 359 g/mol. The van der Waals surface area contributed by atoms with Gasteiger partial charge >= 0.3 is 0 Å². The van der Waals surface area contributed by atoms with Crippen LogP contribution in [0.2, 0.25) is 0 Å². The highest BCUT2D eigenvalue weighted by molar-refractivity contribution is 5.85. The second kappa shape index (κ2) is 7.58. The molecule has 0 amide bonds. The summed E-state index contributed by atoms with van der Waals surface area (Å²) in [5.74, 6) is 0. The summed E-state index contributed by atoms with van der Waals surface area (Å²) in [7, 11) is 0. The minimum Gasteiger partial charge on any atom is -0.260 e. The Hall–Kier alpha value is -3.21. The van der Waals surface area contributed by atoms with Crippen LogP contribution in [0.5, 0.6) is 0 Å². The first-order valence-electron chi connectivity index (χ1n) is 8.92. The first kappa shape index (κ1) is 18.6. The fraction of sp³-hybridized carbons (Fsp3) is 0.227. The van der Waals surface area contributed by atoms with E-state index in [1.165, 1.54) is 5.56 Å². The van der Waals surface area contributed by atoms with Crippen molar-refractivity contribution in [3.63, 3.8) is 0 Å². The van der Waals surface area contributed by atoms with Crippen LogP contribution in [0.4, 0.5) is 0 Å². The molecule has 0 aliphatic rings. The van der Waals surface area contributed by atoms with Gasteiger partial charge < -0.3 is 0 Å². The zero-order valence-electron chi connectivity index (χ0n) is 16.4. The third kappa shape index (κ3) is 3.67. The number of hydrogen-bond acceptors (Lipinski definition) is 4. The molecule has 5 heteroatoms. The van der Waals surface area contributed by atoms with Gasteiger partial charge in [-0.15, -0.1) is 0 Å². The maximum Gasteiger partial charge on any atom is 0.0901 e. The normalized spacial score (nSPS) is 11.6. The molecule has 0 saturated carbocycles. The third-order valence-corrected chi connectivity index (χ3v) is 4.55. The van der Waals surface area contributed by atoms with Gasteiger partial charge in [0.15, 0.2) is 0 Å².